The molecule has 0 aliphatic rings. The number of pyridine rings is 1. The van der Waals surface area contributed by atoms with Gasteiger partial charge in [-0.1, -0.05) is 13.8 Å². The van der Waals surface area contributed by atoms with Crippen molar-refractivity contribution >= 4 is 5.91 Å². The van der Waals surface area contributed by atoms with Crippen LogP contribution >= 0.6 is 0 Å². The van der Waals surface area contributed by atoms with E-state index >= 15 is 0 Å². The molecule has 0 aliphatic heterocycles. The van der Waals surface area contributed by atoms with E-state index in [0.29, 0.717) is 17.8 Å². The highest BCUT2D eigenvalue weighted by molar-refractivity contribution is 5.94. The Morgan fingerprint density at radius 2 is 2.24 bits per heavy atom. The molecular formula is C14H19N5O2. The molecule has 1 unspecified atom stereocenters. The van der Waals surface area contributed by atoms with Crippen molar-refractivity contribution in [1.82, 2.24) is 25.1 Å². The van der Waals surface area contributed by atoms with Crippen LogP contribution < -0.4 is 5.32 Å². The molecule has 7 nitrogen and oxygen atoms in total. The normalized spacial score (nSPS) is 12.4. The number of hydrogen-bond acceptors (Lipinski definition) is 5. The predicted molar refractivity (Wildman–Crippen MR) is 76.9 cm³/mol. The van der Waals surface area contributed by atoms with Gasteiger partial charge < -0.3 is 10.4 Å². The van der Waals surface area contributed by atoms with E-state index in [2.05, 4.69) is 20.4 Å². The SMILES string of the molecule is CC(C)C(CCO)NC(=O)c1ccc(-n2cncn2)nc1. The van der Waals surface area contributed by atoms with Crippen LogP contribution in [-0.2, 0) is 0 Å². The third kappa shape index (κ3) is 3.85. The average molecular weight is 289 g/mol. The second-order valence-electron chi connectivity index (χ2n) is 5.08. The van der Waals surface area contributed by atoms with E-state index in [4.69, 9.17) is 5.11 Å². The van der Waals surface area contributed by atoms with Crippen molar-refractivity contribution < 1.29 is 9.90 Å². The van der Waals surface area contributed by atoms with Gasteiger partial charge in [0.2, 0.25) is 0 Å². The zero-order valence-corrected chi connectivity index (χ0v) is 12.1. The predicted octanol–water partition coefficient (Wildman–Crippen LogP) is 0.799. The highest BCUT2D eigenvalue weighted by Crippen LogP contribution is 2.08. The number of aliphatic hydroxyl groups is 1. The molecule has 2 aromatic rings. The van der Waals surface area contributed by atoms with Crippen LogP contribution in [0.1, 0.15) is 30.6 Å². The molecule has 2 N–H and O–H groups in total. The van der Waals surface area contributed by atoms with E-state index in [1.54, 1.807) is 12.1 Å². The van der Waals surface area contributed by atoms with E-state index in [1.165, 1.54) is 23.5 Å². The van der Waals surface area contributed by atoms with Crippen molar-refractivity contribution in [3.8, 4) is 5.82 Å². The molecule has 21 heavy (non-hydrogen) atoms. The number of hydrogen-bond donors (Lipinski definition) is 2. The summed E-state index contributed by atoms with van der Waals surface area (Å²) in [5.41, 5.74) is 0.474. The Balaban J connectivity index is 2.06. The van der Waals surface area contributed by atoms with Crippen molar-refractivity contribution in [1.29, 1.82) is 0 Å². The fourth-order valence-electron chi connectivity index (χ4n) is 1.95. The number of nitrogens with zero attached hydrogens (tertiary/aromatic N) is 4. The van der Waals surface area contributed by atoms with Crippen LogP contribution in [0.4, 0.5) is 0 Å². The summed E-state index contributed by atoms with van der Waals surface area (Å²) < 4.78 is 1.52. The Morgan fingerprint density at radius 3 is 2.76 bits per heavy atom. The summed E-state index contributed by atoms with van der Waals surface area (Å²) in [6, 6.07) is 3.34. The average Bonchev–Trinajstić information content (AvgIpc) is 3.01. The van der Waals surface area contributed by atoms with E-state index in [0.717, 1.165) is 0 Å². The first kappa shape index (κ1) is 15.1. The third-order valence-electron chi connectivity index (χ3n) is 3.22. The van der Waals surface area contributed by atoms with Crippen LogP contribution in [0.15, 0.2) is 31.0 Å². The molecular weight excluding hydrogens is 270 g/mol. The van der Waals surface area contributed by atoms with Gasteiger partial charge in [-0.15, -0.1) is 0 Å². The van der Waals surface area contributed by atoms with Gasteiger partial charge in [-0.25, -0.2) is 14.6 Å². The number of rotatable bonds is 6. The summed E-state index contributed by atoms with van der Waals surface area (Å²) in [6.45, 7) is 4.06. The van der Waals surface area contributed by atoms with Crippen LogP contribution in [0.3, 0.4) is 0 Å². The third-order valence-corrected chi connectivity index (χ3v) is 3.22. The fraction of sp³-hybridized carbons (Fsp3) is 0.429. The molecule has 0 saturated heterocycles. The minimum Gasteiger partial charge on any atom is -0.396 e. The maximum Gasteiger partial charge on any atom is 0.253 e. The summed E-state index contributed by atoms with van der Waals surface area (Å²) in [5, 5.41) is 15.9. The summed E-state index contributed by atoms with van der Waals surface area (Å²) in [6.07, 6.45) is 5.00. The Hall–Kier alpha value is -2.28. The van der Waals surface area contributed by atoms with E-state index in [-0.39, 0.29) is 24.5 Å². The number of nitrogens with one attached hydrogen (secondary N) is 1. The molecule has 0 radical (unpaired) electrons. The lowest BCUT2D eigenvalue weighted by molar-refractivity contribution is 0.0916. The molecule has 2 heterocycles. The lowest BCUT2D eigenvalue weighted by Gasteiger charge is -2.21. The standard InChI is InChI=1S/C14H19N5O2/c1-10(2)12(5-6-20)18-14(21)11-3-4-13(16-7-11)19-9-15-8-17-19/h3-4,7-10,12,20H,5-6H2,1-2H3,(H,18,21). The summed E-state index contributed by atoms with van der Waals surface area (Å²) >= 11 is 0. The second kappa shape index (κ2) is 6.94. The van der Waals surface area contributed by atoms with Gasteiger partial charge in [0.25, 0.3) is 5.91 Å². The highest BCUT2D eigenvalue weighted by atomic mass is 16.3. The molecule has 7 heteroatoms. The van der Waals surface area contributed by atoms with Gasteiger partial charge in [0.05, 0.1) is 5.56 Å². The minimum absolute atomic E-state index is 0.0482. The first-order valence-corrected chi connectivity index (χ1v) is 6.84. The molecule has 0 spiro atoms. The largest absolute Gasteiger partial charge is 0.396 e. The van der Waals surface area contributed by atoms with Crippen LogP contribution in [0, 0.1) is 5.92 Å². The molecule has 1 amide bonds. The molecule has 0 bridgehead atoms. The van der Waals surface area contributed by atoms with Crippen molar-refractivity contribution in [3.63, 3.8) is 0 Å². The van der Waals surface area contributed by atoms with E-state index in [1.807, 2.05) is 13.8 Å². The molecule has 0 saturated carbocycles. The Morgan fingerprint density at radius 1 is 1.43 bits per heavy atom. The first-order chi connectivity index (χ1) is 10.1. The van der Waals surface area contributed by atoms with Gasteiger partial charge in [-0.2, -0.15) is 5.10 Å². The lowest BCUT2D eigenvalue weighted by Crippen LogP contribution is -2.39. The van der Waals surface area contributed by atoms with E-state index in [9.17, 15) is 4.79 Å². The number of carbonyl (C=O) groups excluding carboxylic acids is 1. The zero-order chi connectivity index (χ0) is 15.2. The van der Waals surface area contributed by atoms with Gasteiger partial charge in [-0.05, 0) is 24.5 Å². The Bertz CT molecular complexity index is 566. The molecule has 1 atom stereocenters. The molecule has 2 rings (SSSR count). The maximum absolute atomic E-state index is 12.2. The van der Waals surface area contributed by atoms with Gasteiger partial charge in [-0.3, -0.25) is 4.79 Å². The number of amides is 1. The van der Waals surface area contributed by atoms with Gasteiger partial charge in [0.15, 0.2) is 5.82 Å². The molecule has 0 fully saturated rings. The van der Waals surface area contributed by atoms with E-state index < -0.39 is 0 Å². The van der Waals surface area contributed by atoms with Gasteiger partial charge in [0.1, 0.15) is 12.7 Å². The number of carbonyl (C=O) groups is 1. The van der Waals surface area contributed by atoms with Crippen molar-refractivity contribution in [2.24, 2.45) is 5.92 Å². The zero-order valence-electron chi connectivity index (χ0n) is 12.1. The lowest BCUT2D eigenvalue weighted by atomic mass is 10.0. The van der Waals surface area contributed by atoms with Crippen molar-refractivity contribution in [2.45, 2.75) is 26.3 Å². The Labute approximate surface area is 123 Å². The summed E-state index contributed by atoms with van der Waals surface area (Å²) in [5.74, 6) is 0.656. The number of aromatic nitrogens is 4. The smallest absolute Gasteiger partial charge is 0.253 e. The van der Waals surface area contributed by atoms with Crippen LogP contribution in [0.5, 0.6) is 0 Å². The summed E-state index contributed by atoms with van der Waals surface area (Å²) in [4.78, 5) is 20.2. The van der Waals surface area contributed by atoms with Crippen LogP contribution in [0.2, 0.25) is 0 Å². The maximum atomic E-state index is 12.2. The topological polar surface area (TPSA) is 92.9 Å². The Kier molecular flexibility index (Phi) is 4.99. The van der Waals surface area contributed by atoms with Crippen molar-refractivity contribution in [2.75, 3.05) is 6.61 Å². The monoisotopic (exact) mass is 289 g/mol. The quantitative estimate of drug-likeness (QED) is 0.820. The molecule has 0 aliphatic carbocycles. The summed E-state index contributed by atoms with van der Waals surface area (Å²) in [7, 11) is 0. The minimum atomic E-state index is -0.195. The molecule has 112 valence electrons. The highest BCUT2D eigenvalue weighted by Gasteiger charge is 2.17. The van der Waals surface area contributed by atoms with Gasteiger partial charge in [0, 0.05) is 18.8 Å². The van der Waals surface area contributed by atoms with Crippen molar-refractivity contribution in [3.05, 3.63) is 36.5 Å². The van der Waals surface area contributed by atoms with Crippen LogP contribution in [-0.4, -0.2) is 43.4 Å². The van der Waals surface area contributed by atoms with Gasteiger partial charge >= 0.3 is 0 Å². The fourth-order valence-corrected chi connectivity index (χ4v) is 1.95. The second-order valence-corrected chi connectivity index (χ2v) is 5.08. The number of aliphatic hydroxyl groups excluding tert-OH is 1. The van der Waals surface area contributed by atoms with Crippen LogP contribution in [0.25, 0.3) is 5.82 Å². The molecule has 2 aromatic heterocycles. The molecule has 0 aromatic carbocycles. The first-order valence-electron chi connectivity index (χ1n) is 6.84.